The van der Waals surface area contributed by atoms with Gasteiger partial charge in [0.15, 0.2) is 0 Å². The Morgan fingerprint density at radius 1 is 0.955 bits per heavy atom. The summed E-state index contributed by atoms with van der Waals surface area (Å²) in [7, 11) is 1.48. The van der Waals surface area contributed by atoms with Crippen LogP contribution in [0.25, 0.3) is 5.57 Å². The van der Waals surface area contributed by atoms with Gasteiger partial charge in [0, 0.05) is 35.1 Å². The maximum absolute atomic E-state index is 12.3. The van der Waals surface area contributed by atoms with Crippen LogP contribution in [0.2, 0.25) is 5.02 Å². The molecule has 2 aromatic carbocycles. The van der Waals surface area contributed by atoms with E-state index in [-0.39, 0.29) is 11.8 Å². The Kier molecular flexibility index (Phi) is 3.69. The molecule has 0 bridgehead atoms. The first kappa shape index (κ1) is 14.4. The third-order valence-electron chi connectivity index (χ3n) is 3.51. The van der Waals surface area contributed by atoms with Gasteiger partial charge in [0.1, 0.15) is 0 Å². The van der Waals surface area contributed by atoms with Gasteiger partial charge in [-0.1, -0.05) is 29.8 Å². The smallest absolute Gasteiger partial charge is 0.262 e. The standard InChI is InChI=1S/C17H13ClN2O2/c1-20-16(21)14-5-3-2-4-13(14)15(17(20)22)10-19-12-8-6-11(18)7-9-12/h2-10,19H,1H3. The van der Waals surface area contributed by atoms with Crippen LogP contribution in [0.3, 0.4) is 0 Å². The van der Waals surface area contributed by atoms with Crippen LogP contribution < -0.4 is 5.32 Å². The van der Waals surface area contributed by atoms with Gasteiger partial charge in [0.05, 0.1) is 5.57 Å². The van der Waals surface area contributed by atoms with E-state index in [1.165, 1.54) is 7.05 Å². The summed E-state index contributed by atoms with van der Waals surface area (Å²) in [4.78, 5) is 25.6. The summed E-state index contributed by atoms with van der Waals surface area (Å²) < 4.78 is 0. The molecule has 110 valence electrons. The number of hydrogen-bond donors (Lipinski definition) is 1. The molecule has 2 aromatic rings. The third-order valence-corrected chi connectivity index (χ3v) is 3.77. The summed E-state index contributed by atoms with van der Waals surface area (Å²) in [5.74, 6) is -0.616. The molecule has 2 amide bonds. The molecule has 0 aliphatic carbocycles. The minimum atomic E-state index is -0.329. The number of halogens is 1. The van der Waals surface area contributed by atoms with Gasteiger partial charge in [-0.2, -0.15) is 0 Å². The first-order chi connectivity index (χ1) is 10.6. The Balaban J connectivity index is 1.99. The number of nitrogens with one attached hydrogen (secondary N) is 1. The number of nitrogens with zero attached hydrogens (tertiary/aromatic N) is 1. The molecule has 3 rings (SSSR count). The number of hydrogen-bond acceptors (Lipinski definition) is 3. The van der Waals surface area contributed by atoms with Gasteiger partial charge in [0.25, 0.3) is 11.8 Å². The van der Waals surface area contributed by atoms with E-state index in [0.29, 0.717) is 21.7 Å². The fourth-order valence-corrected chi connectivity index (χ4v) is 2.44. The molecule has 4 nitrogen and oxygen atoms in total. The molecule has 0 aromatic heterocycles. The van der Waals surface area contributed by atoms with Gasteiger partial charge in [-0.15, -0.1) is 0 Å². The molecule has 0 fully saturated rings. The van der Waals surface area contributed by atoms with Crippen molar-refractivity contribution in [1.82, 2.24) is 4.90 Å². The SMILES string of the molecule is CN1C(=O)C(=CNc2ccc(Cl)cc2)c2ccccc2C1=O. The van der Waals surface area contributed by atoms with E-state index in [4.69, 9.17) is 11.6 Å². The summed E-state index contributed by atoms with van der Waals surface area (Å²) in [6.45, 7) is 0. The lowest BCUT2D eigenvalue weighted by Crippen LogP contribution is -2.38. The van der Waals surface area contributed by atoms with Crippen LogP contribution in [0.4, 0.5) is 5.69 Å². The molecule has 5 heteroatoms. The third kappa shape index (κ3) is 2.49. The maximum Gasteiger partial charge on any atom is 0.262 e. The van der Waals surface area contributed by atoms with Gasteiger partial charge in [-0.3, -0.25) is 14.5 Å². The van der Waals surface area contributed by atoms with E-state index in [0.717, 1.165) is 10.6 Å². The Labute approximate surface area is 133 Å². The van der Waals surface area contributed by atoms with Gasteiger partial charge in [0.2, 0.25) is 0 Å². The number of benzene rings is 2. The number of imide groups is 1. The lowest BCUT2D eigenvalue weighted by atomic mass is 9.94. The number of anilines is 1. The van der Waals surface area contributed by atoms with Crippen LogP contribution in [-0.4, -0.2) is 23.8 Å². The summed E-state index contributed by atoms with van der Waals surface area (Å²) in [6, 6.07) is 14.2. The Bertz CT molecular complexity index is 782. The Morgan fingerprint density at radius 2 is 1.59 bits per heavy atom. The number of likely N-dealkylation sites (N-methyl/N-ethyl adjacent to an activating group) is 1. The predicted octanol–water partition coefficient (Wildman–Crippen LogP) is 3.41. The van der Waals surface area contributed by atoms with E-state index >= 15 is 0 Å². The average Bonchev–Trinajstić information content (AvgIpc) is 2.54. The molecule has 0 unspecified atom stereocenters. The van der Waals surface area contributed by atoms with Crippen molar-refractivity contribution in [3.8, 4) is 0 Å². The quantitative estimate of drug-likeness (QED) is 0.683. The number of rotatable bonds is 2. The van der Waals surface area contributed by atoms with E-state index in [1.54, 1.807) is 42.6 Å². The minimum absolute atomic E-state index is 0.288. The topological polar surface area (TPSA) is 49.4 Å². The molecule has 0 spiro atoms. The number of carbonyl (C=O) groups is 2. The Hall–Kier alpha value is -2.59. The molecular weight excluding hydrogens is 300 g/mol. The zero-order valence-electron chi connectivity index (χ0n) is 11.8. The van der Waals surface area contributed by atoms with Crippen molar-refractivity contribution in [2.24, 2.45) is 0 Å². The molecule has 0 saturated carbocycles. The van der Waals surface area contributed by atoms with E-state index in [1.807, 2.05) is 12.1 Å². The largest absolute Gasteiger partial charge is 0.361 e. The van der Waals surface area contributed by atoms with Crippen molar-refractivity contribution < 1.29 is 9.59 Å². The molecule has 1 aliphatic rings. The minimum Gasteiger partial charge on any atom is -0.361 e. The van der Waals surface area contributed by atoms with Crippen LogP contribution in [0.15, 0.2) is 54.7 Å². The lowest BCUT2D eigenvalue weighted by molar-refractivity contribution is -0.121. The van der Waals surface area contributed by atoms with E-state index in [2.05, 4.69) is 5.32 Å². The highest BCUT2D eigenvalue weighted by Crippen LogP contribution is 2.27. The van der Waals surface area contributed by atoms with Crippen molar-refractivity contribution in [2.45, 2.75) is 0 Å². The molecule has 1 N–H and O–H groups in total. The van der Waals surface area contributed by atoms with Gasteiger partial charge in [-0.05, 0) is 30.3 Å². The molecule has 0 radical (unpaired) electrons. The van der Waals surface area contributed by atoms with Crippen LogP contribution >= 0.6 is 11.6 Å². The highest BCUT2D eigenvalue weighted by molar-refractivity contribution is 6.31. The Morgan fingerprint density at radius 3 is 2.27 bits per heavy atom. The first-order valence-corrected chi connectivity index (χ1v) is 7.10. The number of amides is 2. The van der Waals surface area contributed by atoms with Gasteiger partial charge < -0.3 is 5.32 Å². The van der Waals surface area contributed by atoms with Crippen molar-refractivity contribution in [2.75, 3.05) is 12.4 Å². The average molecular weight is 313 g/mol. The van der Waals surface area contributed by atoms with Crippen molar-refractivity contribution in [1.29, 1.82) is 0 Å². The fourth-order valence-electron chi connectivity index (χ4n) is 2.31. The zero-order chi connectivity index (χ0) is 15.7. The fraction of sp³-hybridized carbons (Fsp3) is 0.0588. The van der Waals surface area contributed by atoms with Crippen molar-refractivity contribution >= 4 is 34.7 Å². The monoisotopic (exact) mass is 312 g/mol. The van der Waals surface area contributed by atoms with Crippen LogP contribution in [0.1, 0.15) is 15.9 Å². The molecule has 1 aliphatic heterocycles. The molecule has 1 heterocycles. The van der Waals surface area contributed by atoms with E-state index < -0.39 is 0 Å². The second-order valence-electron chi connectivity index (χ2n) is 4.92. The van der Waals surface area contributed by atoms with Crippen LogP contribution in [0.5, 0.6) is 0 Å². The number of fused-ring (bicyclic) bond motifs is 1. The summed E-state index contributed by atoms with van der Waals surface area (Å²) >= 11 is 5.84. The summed E-state index contributed by atoms with van der Waals surface area (Å²) in [6.07, 6.45) is 1.62. The highest BCUT2D eigenvalue weighted by atomic mass is 35.5. The van der Waals surface area contributed by atoms with Crippen molar-refractivity contribution in [3.05, 3.63) is 70.9 Å². The lowest BCUT2D eigenvalue weighted by Gasteiger charge is -2.25. The highest BCUT2D eigenvalue weighted by Gasteiger charge is 2.31. The maximum atomic E-state index is 12.3. The normalized spacial score (nSPS) is 15.9. The van der Waals surface area contributed by atoms with Crippen LogP contribution in [-0.2, 0) is 4.79 Å². The molecule has 0 saturated heterocycles. The van der Waals surface area contributed by atoms with Crippen LogP contribution in [0, 0.1) is 0 Å². The van der Waals surface area contributed by atoms with Gasteiger partial charge in [-0.25, -0.2) is 0 Å². The number of carbonyl (C=O) groups excluding carboxylic acids is 2. The molecule has 0 atom stereocenters. The second kappa shape index (κ2) is 5.66. The molecule has 22 heavy (non-hydrogen) atoms. The second-order valence-corrected chi connectivity index (χ2v) is 5.36. The van der Waals surface area contributed by atoms with E-state index in [9.17, 15) is 9.59 Å². The summed E-state index contributed by atoms with van der Waals surface area (Å²) in [5.41, 5.74) is 2.42. The predicted molar refractivity (Wildman–Crippen MR) is 86.6 cm³/mol. The summed E-state index contributed by atoms with van der Waals surface area (Å²) in [5, 5.41) is 3.71. The van der Waals surface area contributed by atoms with Gasteiger partial charge >= 0.3 is 0 Å². The molecular formula is C17H13ClN2O2. The first-order valence-electron chi connectivity index (χ1n) is 6.72. The van der Waals surface area contributed by atoms with Crippen molar-refractivity contribution in [3.63, 3.8) is 0 Å². The zero-order valence-corrected chi connectivity index (χ0v) is 12.6.